The fraction of sp³-hybridized carbons (Fsp3) is 0.769. The predicted octanol–water partition coefficient (Wildman–Crippen LogP) is 1.02. The summed E-state index contributed by atoms with van der Waals surface area (Å²) in [6.07, 6.45) is 0. The van der Waals surface area contributed by atoms with Gasteiger partial charge in [0.25, 0.3) is 0 Å². The quantitative estimate of drug-likeness (QED) is 0.758. The number of nitrogens with one attached hydrogen (secondary N) is 1. The molecule has 6 heteroatoms. The summed E-state index contributed by atoms with van der Waals surface area (Å²) in [6, 6.07) is 0. The van der Waals surface area contributed by atoms with Gasteiger partial charge in [-0.2, -0.15) is 0 Å². The molecule has 2 heterocycles. The van der Waals surface area contributed by atoms with Gasteiger partial charge in [0.05, 0.1) is 32.1 Å². The lowest BCUT2D eigenvalue weighted by molar-refractivity contribution is 0.0341. The van der Waals surface area contributed by atoms with Gasteiger partial charge in [0.2, 0.25) is 0 Å². The van der Waals surface area contributed by atoms with Crippen molar-refractivity contribution in [1.29, 1.82) is 0 Å². The Bertz CT molecular complexity index is 378. The fourth-order valence-electron chi connectivity index (χ4n) is 2.05. The monoisotopic (exact) mass is 285 g/mol. The van der Waals surface area contributed by atoms with Crippen molar-refractivity contribution < 1.29 is 9.47 Å². The first-order valence-electron chi connectivity index (χ1n) is 6.74. The highest BCUT2D eigenvalue weighted by molar-refractivity contribution is 7.11. The van der Waals surface area contributed by atoms with E-state index in [1.54, 1.807) is 7.11 Å². The molecule has 1 aromatic heterocycles. The van der Waals surface area contributed by atoms with Crippen molar-refractivity contribution >= 4 is 11.3 Å². The minimum Gasteiger partial charge on any atom is -0.383 e. The third kappa shape index (κ3) is 4.81. The molecule has 0 spiro atoms. The van der Waals surface area contributed by atoms with Crippen LogP contribution in [0.25, 0.3) is 0 Å². The summed E-state index contributed by atoms with van der Waals surface area (Å²) in [6.45, 7) is 9.27. The molecule has 0 aromatic carbocycles. The fourth-order valence-corrected chi connectivity index (χ4v) is 3.13. The summed E-state index contributed by atoms with van der Waals surface area (Å²) in [7, 11) is 1.72. The first-order valence-corrected chi connectivity index (χ1v) is 7.56. The average Bonchev–Trinajstić information content (AvgIpc) is 2.76. The molecule has 0 unspecified atom stereocenters. The number of methoxy groups -OCH3 is 1. The van der Waals surface area contributed by atoms with Crippen LogP contribution in [0, 0.1) is 6.92 Å². The molecule has 108 valence electrons. The number of ether oxygens (including phenoxy) is 2. The van der Waals surface area contributed by atoms with Crippen molar-refractivity contribution in [3.63, 3.8) is 0 Å². The highest BCUT2D eigenvalue weighted by Crippen LogP contribution is 2.19. The molecule has 1 fully saturated rings. The van der Waals surface area contributed by atoms with Crippen molar-refractivity contribution in [3.8, 4) is 0 Å². The van der Waals surface area contributed by atoms with E-state index < -0.39 is 0 Å². The van der Waals surface area contributed by atoms with Crippen molar-refractivity contribution in [2.45, 2.75) is 20.0 Å². The number of aromatic nitrogens is 1. The standard InChI is InChI=1S/C13H23N3O2S/c1-11-12(9-14-3-6-17-2)19-13(15-11)10-16-4-7-18-8-5-16/h14H,3-10H2,1-2H3. The molecule has 5 nitrogen and oxygen atoms in total. The van der Waals surface area contributed by atoms with Gasteiger partial charge in [0.15, 0.2) is 0 Å². The summed E-state index contributed by atoms with van der Waals surface area (Å²) in [5, 5.41) is 4.58. The largest absolute Gasteiger partial charge is 0.383 e. The van der Waals surface area contributed by atoms with E-state index >= 15 is 0 Å². The molecular weight excluding hydrogens is 262 g/mol. The highest BCUT2D eigenvalue weighted by Gasteiger charge is 2.14. The molecule has 0 radical (unpaired) electrons. The molecule has 1 aromatic rings. The van der Waals surface area contributed by atoms with E-state index in [0.717, 1.165) is 58.2 Å². The van der Waals surface area contributed by atoms with Crippen LogP contribution < -0.4 is 5.32 Å². The number of hydrogen-bond donors (Lipinski definition) is 1. The molecule has 0 amide bonds. The number of thiazole rings is 1. The van der Waals surface area contributed by atoms with Crippen LogP contribution in [0.15, 0.2) is 0 Å². The van der Waals surface area contributed by atoms with Gasteiger partial charge in [-0.05, 0) is 6.92 Å². The van der Waals surface area contributed by atoms with Crippen LogP contribution in [0.3, 0.4) is 0 Å². The van der Waals surface area contributed by atoms with Gasteiger partial charge >= 0.3 is 0 Å². The molecular formula is C13H23N3O2S. The number of morpholine rings is 1. The zero-order valence-electron chi connectivity index (χ0n) is 11.8. The van der Waals surface area contributed by atoms with Gasteiger partial charge < -0.3 is 14.8 Å². The maximum absolute atomic E-state index is 5.36. The maximum atomic E-state index is 5.36. The Morgan fingerprint density at radius 1 is 1.42 bits per heavy atom. The molecule has 0 saturated carbocycles. The third-order valence-corrected chi connectivity index (χ3v) is 4.31. The number of nitrogens with zero attached hydrogens (tertiary/aromatic N) is 2. The zero-order chi connectivity index (χ0) is 13.5. The second-order valence-electron chi connectivity index (χ2n) is 4.67. The molecule has 1 N–H and O–H groups in total. The molecule has 1 saturated heterocycles. The van der Waals surface area contributed by atoms with Gasteiger partial charge in [-0.15, -0.1) is 11.3 Å². The first kappa shape index (κ1) is 14.9. The summed E-state index contributed by atoms with van der Waals surface area (Å²) < 4.78 is 10.4. The lowest BCUT2D eigenvalue weighted by atomic mass is 10.4. The molecule has 0 atom stereocenters. The molecule has 2 rings (SSSR count). The molecule has 0 aliphatic carbocycles. The summed E-state index contributed by atoms with van der Waals surface area (Å²) in [5.74, 6) is 0. The van der Waals surface area contributed by atoms with Gasteiger partial charge in [-0.3, -0.25) is 4.90 Å². The molecule has 0 bridgehead atoms. The normalized spacial score (nSPS) is 16.9. The number of rotatable bonds is 7. The van der Waals surface area contributed by atoms with Gasteiger partial charge in [0, 0.05) is 38.2 Å². The molecule has 19 heavy (non-hydrogen) atoms. The van der Waals surface area contributed by atoms with Gasteiger partial charge in [0.1, 0.15) is 5.01 Å². The van der Waals surface area contributed by atoms with Crippen LogP contribution in [0.2, 0.25) is 0 Å². The Morgan fingerprint density at radius 3 is 2.95 bits per heavy atom. The Morgan fingerprint density at radius 2 is 2.21 bits per heavy atom. The smallest absolute Gasteiger partial charge is 0.107 e. The highest BCUT2D eigenvalue weighted by atomic mass is 32.1. The number of aryl methyl sites for hydroxylation is 1. The van der Waals surface area contributed by atoms with Crippen LogP contribution in [0.1, 0.15) is 15.6 Å². The Hall–Kier alpha value is -0.530. The Balaban J connectivity index is 1.81. The summed E-state index contributed by atoms with van der Waals surface area (Å²) in [5.41, 5.74) is 1.15. The van der Waals surface area contributed by atoms with Crippen molar-refractivity contribution in [2.75, 3.05) is 46.6 Å². The molecule has 1 aliphatic rings. The minimum atomic E-state index is 0.748. The third-order valence-electron chi connectivity index (χ3n) is 3.17. The van der Waals surface area contributed by atoms with Gasteiger partial charge in [-0.1, -0.05) is 0 Å². The van der Waals surface area contributed by atoms with E-state index in [9.17, 15) is 0 Å². The van der Waals surface area contributed by atoms with E-state index in [1.165, 1.54) is 9.88 Å². The topological polar surface area (TPSA) is 46.6 Å². The zero-order valence-corrected chi connectivity index (χ0v) is 12.6. The SMILES string of the molecule is COCCNCc1sc(CN2CCOCC2)nc1C. The van der Waals surface area contributed by atoms with E-state index in [1.807, 2.05) is 11.3 Å². The number of hydrogen-bond acceptors (Lipinski definition) is 6. The van der Waals surface area contributed by atoms with Crippen LogP contribution in [0.5, 0.6) is 0 Å². The summed E-state index contributed by atoms with van der Waals surface area (Å²) in [4.78, 5) is 8.41. The Labute approximate surface area is 118 Å². The van der Waals surface area contributed by atoms with Crippen molar-refractivity contribution in [1.82, 2.24) is 15.2 Å². The maximum Gasteiger partial charge on any atom is 0.107 e. The average molecular weight is 285 g/mol. The predicted molar refractivity (Wildman–Crippen MR) is 76.5 cm³/mol. The lowest BCUT2D eigenvalue weighted by Gasteiger charge is -2.25. The van der Waals surface area contributed by atoms with E-state index in [2.05, 4.69) is 22.1 Å². The van der Waals surface area contributed by atoms with Crippen LogP contribution in [0.4, 0.5) is 0 Å². The van der Waals surface area contributed by atoms with E-state index in [-0.39, 0.29) is 0 Å². The van der Waals surface area contributed by atoms with Gasteiger partial charge in [-0.25, -0.2) is 4.98 Å². The van der Waals surface area contributed by atoms with Crippen LogP contribution in [-0.2, 0) is 22.6 Å². The minimum absolute atomic E-state index is 0.748. The van der Waals surface area contributed by atoms with Crippen LogP contribution >= 0.6 is 11.3 Å². The van der Waals surface area contributed by atoms with E-state index in [4.69, 9.17) is 9.47 Å². The molecule has 1 aliphatic heterocycles. The second-order valence-corrected chi connectivity index (χ2v) is 5.84. The first-order chi connectivity index (χ1) is 9.29. The second kappa shape index (κ2) is 7.91. The van der Waals surface area contributed by atoms with E-state index in [0.29, 0.717) is 0 Å². The van der Waals surface area contributed by atoms with Crippen molar-refractivity contribution in [2.24, 2.45) is 0 Å². The Kier molecular flexibility index (Phi) is 6.19. The van der Waals surface area contributed by atoms with Crippen molar-refractivity contribution in [3.05, 3.63) is 15.6 Å². The van der Waals surface area contributed by atoms with Crippen LogP contribution in [-0.4, -0.2) is 56.4 Å². The lowest BCUT2D eigenvalue weighted by Crippen LogP contribution is -2.35. The summed E-state index contributed by atoms with van der Waals surface area (Å²) >= 11 is 1.81.